The second kappa shape index (κ2) is 8.32. The number of aryl methyl sites for hydroxylation is 1. The molecule has 0 saturated heterocycles. The van der Waals surface area contributed by atoms with Gasteiger partial charge in [-0.3, -0.25) is 9.55 Å². The number of rotatable bonds is 5. The van der Waals surface area contributed by atoms with Gasteiger partial charge in [0.2, 0.25) is 0 Å². The fourth-order valence-electron chi connectivity index (χ4n) is 3.66. The molecule has 5 heteroatoms. The maximum Gasteiger partial charge on any atom is 0.126 e. The summed E-state index contributed by atoms with van der Waals surface area (Å²) >= 11 is 0. The van der Waals surface area contributed by atoms with E-state index in [-0.39, 0.29) is 0 Å². The Morgan fingerprint density at radius 1 is 0.968 bits per heavy atom. The SMILES string of the molecule is CCc1ncc(-c2ccncc2)n1-c1ccc(OC=C2C=Cc3ccccc3N2)cc1. The minimum absolute atomic E-state index is 0.772. The molecule has 31 heavy (non-hydrogen) atoms. The molecule has 0 aliphatic carbocycles. The van der Waals surface area contributed by atoms with Gasteiger partial charge in [0.1, 0.15) is 17.8 Å². The third kappa shape index (κ3) is 3.85. The monoisotopic (exact) mass is 406 g/mol. The van der Waals surface area contributed by atoms with Gasteiger partial charge in [-0.2, -0.15) is 0 Å². The molecular formula is C26H22N4O. The summed E-state index contributed by atoms with van der Waals surface area (Å²) in [5.41, 5.74) is 6.33. The maximum atomic E-state index is 5.90. The molecule has 0 bridgehead atoms. The van der Waals surface area contributed by atoms with Gasteiger partial charge in [0.05, 0.1) is 17.6 Å². The number of hydrogen-bond donors (Lipinski definition) is 1. The molecule has 5 nitrogen and oxygen atoms in total. The normalized spacial score (nSPS) is 13.6. The Hall–Kier alpha value is -4.12. The van der Waals surface area contributed by atoms with Crippen LogP contribution in [-0.4, -0.2) is 14.5 Å². The highest BCUT2D eigenvalue weighted by Crippen LogP contribution is 2.27. The summed E-state index contributed by atoms with van der Waals surface area (Å²) < 4.78 is 8.08. The van der Waals surface area contributed by atoms with E-state index in [9.17, 15) is 0 Å². The van der Waals surface area contributed by atoms with E-state index in [1.54, 1.807) is 18.7 Å². The quantitative estimate of drug-likeness (QED) is 0.422. The average molecular weight is 406 g/mol. The number of anilines is 1. The van der Waals surface area contributed by atoms with Crippen LogP contribution in [0.3, 0.4) is 0 Å². The molecule has 0 radical (unpaired) electrons. The van der Waals surface area contributed by atoms with E-state index in [1.165, 1.54) is 5.56 Å². The first-order valence-electron chi connectivity index (χ1n) is 10.3. The Bertz CT molecular complexity index is 1250. The molecule has 2 aromatic carbocycles. The molecule has 2 aromatic heterocycles. The van der Waals surface area contributed by atoms with Crippen LogP contribution in [0.4, 0.5) is 5.69 Å². The summed E-state index contributed by atoms with van der Waals surface area (Å²) in [5.74, 6) is 1.78. The molecular weight excluding hydrogens is 384 g/mol. The molecule has 1 aliphatic heterocycles. The molecule has 1 N–H and O–H groups in total. The first kappa shape index (κ1) is 18.9. The second-order valence-corrected chi connectivity index (χ2v) is 7.22. The van der Waals surface area contributed by atoms with Gasteiger partial charge in [-0.25, -0.2) is 4.98 Å². The summed E-state index contributed by atoms with van der Waals surface area (Å²) in [4.78, 5) is 8.73. The largest absolute Gasteiger partial charge is 0.463 e. The van der Waals surface area contributed by atoms with E-state index in [0.29, 0.717) is 0 Å². The van der Waals surface area contributed by atoms with Gasteiger partial charge in [-0.15, -0.1) is 0 Å². The maximum absolute atomic E-state index is 5.90. The molecule has 0 saturated carbocycles. The zero-order valence-electron chi connectivity index (χ0n) is 17.2. The van der Waals surface area contributed by atoms with Crippen LogP contribution in [0.25, 0.3) is 23.0 Å². The number of fused-ring (bicyclic) bond motifs is 1. The van der Waals surface area contributed by atoms with E-state index in [1.807, 2.05) is 48.7 Å². The van der Waals surface area contributed by atoms with Crippen molar-refractivity contribution in [2.24, 2.45) is 0 Å². The fraction of sp³-hybridized carbons (Fsp3) is 0.0769. The lowest BCUT2D eigenvalue weighted by Crippen LogP contribution is -2.04. The lowest BCUT2D eigenvalue weighted by molar-refractivity contribution is 0.477. The van der Waals surface area contributed by atoms with Gasteiger partial charge in [-0.05, 0) is 54.1 Å². The highest BCUT2D eigenvalue weighted by Gasteiger charge is 2.12. The van der Waals surface area contributed by atoms with Crippen LogP contribution >= 0.6 is 0 Å². The van der Waals surface area contributed by atoms with Crippen molar-refractivity contribution in [3.8, 4) is 22.7 Å². The molecule has 152 valence electrons. The minimum atomic E-state index is 0.772. The molecule has 0 unspecified atom stereocenters. The number of aromatic nitrogens is 3. The summed E-state index contributed by atoms with van der Waals surface area (Å²) in [6, 6.07) is 20.2. The van der Waals surface area contributed by atoms with Crippen LogP contribution in [0.1, 0.15) is 18.3 Å². The van der Waals surface area contributed by atoms with Gasteiger partial charge in [0, 0.05) is 35.8 Å². The number of benzene rings is 2. The Labute approximate surface area is 181 Å². The van der Waals surface area contributed by atoms with Crippen LogP contribution in [0, 0.1) is 0 Å². The smallest absolute Gasteiger partial charge is 0.126 e. The number of allylic oxidation sites excluding steroid dienone is 1. The summed E-state index contributed by atoms with van der Waals surface area (Å²) in [5, 5.41) is 3.37. The van der Waals surface area contributed by atoms with Gasteiger partial charge < -0.3 is 10.1 Å². The predicted molar refractivity (Wildman–Crippen MR) is 124 cm³/mol. The number of nitrogens with one attached hydrogen (secondary N) is 1. The number of ether oxygens (including phenoxy) is 1. The van der Waals surface area contributed by atoms with Crippen molar-refractivity contribution < 1.29 is 4.74 Å². The summed E-state index contributed by atoms with van der Waals surface area (Å²) in [7, 11) is 0. The fourth-order valence-corrected chi connectivity index (χ4v) is 3.66. The standard InChI is InChI=1S/C26H22N4O/c1-2-26-28-17-25(20-13-15-27-16-14-20)30(26)22-9-11-23(12-10-22)31-18-21-8-7-19-5-3-4-6-24(19)29-21/h3-18,29H,2H2,1H3. The number of imidazole rings is 1. The second-order valence-electron chi connectivity index (χ2n) is 7.22. The molecule has 4 aromatic rings. The van der Waals surface area contributed by atoms with Gasteiger partial charge in [-0.1, -0.05) is 31.2 Å². The van der Waals surface area contributed by atoms with Crippen LogP contribution in [0.15, 0.2) is 97.3 Å². The van der Waals surface area contributed by atoms with Crippen LogP contribution in [0.2, 0.25) is 0 Å². The van der Waals surface area contributed by atoms with E-state index in [0.717, 1.165) is 46.3 Å². The molecule has 0 fully saturated rings. The first-order valence-corrected chi connectivity index (χ1v) is 10.3. The van der Waals surface area contributed by atoms with Crippen LogP contribution in [-0.2, 0) is 6.42 Å². The Kier molecular flexibility index (Phi) is 5.07. The Morgan fingerprint density at radius 2 is 1.77 bits per heavy atom. The van der Waals surface area contributed by atoms with Crippen molar-refractivity contribution in [2.45, 2.75) is 13.3 Å². The third-order valence-corrected chi connectivity index (χ3v) is 5.23. The molecule has 0 spiro atoms. The minimum Gasteiger partial charge on any atom is -0.463 e. The van der Waals surface area contributed by atoms with Gasteiger partial charge >= 0.3 is 0 Å². The molecule has 0 amide bonds. The van der Waals surface area contributed by atoms with E-state index >= 15 is 0 Å². The van der Waals surface area contributed by atoms with Crippen LogP contribution in [0.5, 0.6) is 5.75 Å². The zero-order valence-corrected chi connectivity index (χ0v) is 17.2. The average Bonchev–Trinajstić information content (AvgIpc) is 3.28. The van der Waals surface area contributed by atoms with Gasteiger partial charge in [0.25, 0.3) is 0 Å². The zero-order chi connectivity index (χ0) is 21.0. The topological polar surface area (TPSA) is 52.0 Å². The summed E-state index contributed by atoms with van der Waals surface area (Å²) in [6.07, 6.45) is 12.2. The first-order chi connectivity index (χ1) is 15.3. The van der Waals surface area contributed by atoms with Crippen molar-refractivity contribution >= 4 is 11.8 Å². The highest BCUT2D eigenvalue weighted by molar-refractivity contribution is 5.74. The van der Waals surface area contributed by atoms with Crippen molar-refractivity contribution in [2.75, 3.05) is 5.32 Å². The number of nitrogens with zero attached hydrogens (tertiary/aromatic N) is 3. The third-order valence-electron chi connectivity index (χ3n) is 5.23. The number of hydrogen-bond acceptors (Lipinski definition) is 4. The van der Waals surface area contributed by atoms with Crippen molar-refractivity contribution in [3.63, 3.8) is 0 Å². The molecule has 1 aliphatic rings. The van der Waals surface area contributed by atoms with Crippen molar-refractivity contribution in [1.82, 2.24) is 14.5 Å². The molecule has 3 heterocycles. The lowest BCUT2D eigenvalue weighted by atomic mass is 10.1. The summed E-state index contributed by atoms with van der Waals surface area (Å²) in [6.45, 7) is 2.11. The van der Waals surface area contributed by atoms with Crippen molar-refractivity contribution in [1.29, 1.82) is 0 Å². The molecule has 0 atom stereocenters. The number of para-hydroxylation sites is 1. The predicted octanol–water partition coefficient (Wildman–Crippen LogP) is 5.86. The van der Waals surface area contributed by atoms with Crippen molar-refractivity contribution in [3.05, 3.63) is 109 Å². The van der Waals surface area contributed by atoms with Gasteiger partial charge in [0.15, 0.2) is 0 Å². The Morgan fingerprint density at radius 3 is 2.58 bits per heavy atom. The number of pyridine rings is 1. The Balaban J connectivity index is 1.38. The molecule has 5 rings (SSSR count). The van der Waals surface area contributed by atoms with E-state index < -0.39 is 0 Å². The van der Waals surface area contributed by atoms with Crippen LogP contribution < -0.4 is 10.1 Å². The highest BCUT2D eigenvalue weighted by atomic mass is 16.5. The van der Waals surface area contributed by atoms with E-state index in [2.05, 4.69) is 57.1 Å². The van der Waals surface area contributed by atoms with E-state index in [4.69, 9.17) is 4.74 Å². The lowest BCUT2D eigenvalue weighted by Gasteiger charge is -2.15.